The molecule has 0 aromatic heterocycles. The number of carbonyl (C=O) groups is 4. The molecule has 7 atom stereocenters. The normalized spacial score (nSPS) is 27.5. The Morgan fingerprint density at radius 1 is 1.13 bits per heavy atom. The van der Waals surface area contributed by atoms with E-state index in [4.69, 9.17) is 0 Å². The number of nitrogens with zero attached hydrogens (tertiary/aromatic N) is 2. The Hall–Kier alpha value is -3.09. The summed E-state index contributed by atoms with van der Waals surface area (Å²) in [6.45, 7) is 1.03. The summed E-state index contributed by atoms with van der Waals surface area (Å²) >= 11 is 0. The number of alkyl halides is 6. The average molecular weight is 570 g/mol. The van der Waals surface area contributed by atoms with Crippen LogP contribution in [0.3, 0.4) is 0 Å². The summed E-state index contributed by atoms with van der Waals surface area (Å²) in [7, 11) is 0. The van der Waals surface area contributed by atoms with Crippen LogP contribution < -0.4 is 16.0 Å². The van der Waals surface area contributed by atoms with Crippen LogP contribution >= 0.6 is 0 Å². The number of carbonyl (C=O) groups excluding carboxylic acids is 4. The van der Waals surface area contributed by atoms with Crippen LogP contribution in [0, 0.1) is 29.1 Å². The summed E-state index contributed by atoms with van der Waals surface area (Å²) in [5, 5.41) is 16.0. The minimum atomic E-state index is -5.50. The molecule has 10 nitrogen and oxygen atoms in total. The zero-order valence-electron chi connectivity index (χ0n) is 20.9. The van der Waals surface area contributed by atoms with Gasteiger partial charge in [-0.05, 0) is 50.9 Å². The standard InChI is InChI=1S/C23H29F6N5O5/c1-11(39-23(27,28)29)16(33-21(38)22(24,25)26)20(37)34-10-13-4-2-6-15(13)17(34)19(36)32-14(9-30)8-12-5-3-7-31-18(12)35/h11-17H,2-8,10H2,1H3,(H,31,35)(H,32,36)(H,33,38)/t11-,12+,13+,14+,15+,16+,17+/m1/s1. The first-order valence-electron chi connectivity index (χ1n) is 12.5. The van der Waals surface area contributed by atoms with Crippen molar-refractivity contribution in [2.24, 2.45) is 17.8 Å². The number of likely N-dealkylation sites (tertiary alicyclic amines) is 1. The topological polar surface area (TPSA) is 141 Å². The first kappa shape index (κ1) is 30.5. The van der Waals surface area contributed by atoms with E-state index in [1.54, 1.807) is 0 Å². The second kappa shape index (κ2) is 12.0. The Labute approximate surface area is 219 Å². The molecule has 2 aliphatic heterocycles. The van der Waals surface area contributed by atoms with Gasteiger partial charge in [-0.1, -0.05) is 6.42 Å². The number of hydrogen-bond donors (Lipinski definition) is 3. The molecule has 218 valence electrons. The van der Waals surface area contributed by atoms with E-state index in [1.807, 2.05) is 6.07 Å². The van der Waals surface area contributed by atoms with Gasteiger partial charge < -0.3 is 20.9 Å². The van der Waals surface area contributed by atoms with E-state index in [2.05, 4.69) is 15.4 Å². The Morgan fingerprint density at radius 3 is 2.41 bits per heavy atom. The third kappa shape index (κ3) is 7.52. The number of amides is 4. The van der Waals surface area contributed by atoms with Crippen LogP contribution in [-0.4, -0.2) is 78.4 Å². The molecule has 1 saturated carbocycles. The highest BCUT2D eigenvalue weighted by Crippen LogP contribution is 2.43. The maximum Gasteiger partial charge on any atom is 0.522 e. The van der Waals surface area contributed by atoms with Gasteiger partial charge in [-0.15, -0.1) is 13.2 Å². The van der Waals surface area contributed by atoms with Crippen molar-refractivity contribution in [3.05, 3.63) is 0 Å². The van der Waals surface area contributed by atoms with Crippen LogP contribution in [0.25, 0.3) is 0 Å². The van der Waals surface area contributed by atoms with Crippen LogP contribution in [0.4, 0.5) is 26.3 Å². The lowest BCUT2D eigenvalue weighted by Crippen LogP contribution is -2.60. The minimum absolute atomic E-state index is 0.0104. The molecule has 2 heterocycles. The second-order valence-electron chi connectivity index (χ2n) is 10.1. The monoisotopic (exact) mass is 569 g/mol. The van der Waals surface area contributed by atoms with E-state index in [-0.39, 0.29) is 24.8 Å². The molecular weight excluding hydrogens is 540 g/mol. The fourth-order valence-corrected chi connectivity index (χ4v) is 5.67. The fraction of sp³-hybridized carbons (Fsp3) is 0.783. The molecule has 3 rings (SSSR count). The van der Waals surface area contributed by atoms with Crippen LogP contribution in [0.2, 0.25) is 0 Å². The van der Waals surface area contributed by atoms with Crippen LogP contribution in [0.15, 0.2) is 0 Å². The second-order valence-corrected chi connectivity index (χ2v) is 10.1. The lowest BCUT2D eigenvalue weighted by molar-refractivity contribution is -0.342. The van der Waals surface area contributed by atoms with Gasteiger partial charge >= 0.3 is 18.4 Å². The summed E-state index contributed by atoms with van der Waals surface area (Å²) in [4.78, 5) is 51.3. The summed E-state index contributed by atoms with van der Waals surface area (Å²) in [6.07, 6.45) is -10.2. The SMILES string of the molecule is C[C@@H](OC(F)(F)F)[C@H](NC(=O)C(F)(F)F)C(=O)N1C[C@@H]2CCC[C@@H]2[C@H]1C(=O)N[C@H](C#N)C[C@@H]1CCCNC1=O. The molecule has 0 radical (unpaired) electrons. The molecule has 0 spiro atoms. The van der Waals surface area contributed by atoms with E-state index in [0.29, 0.717) is 45.6 Å². The number of nitriles is 1. The zero-order valence-corrected chi connectivity index (χ0v) is 20.9. The Morgan fingerprint density at radius 2 is 1.82 bits per heavy atom. The molecule has 0 unspecified atom stereocenters. The van der Waals surface area contributed by atoms with Crippen LogP contribution in [-0.2, 0) is 23.9 Å². The predicted octanol–water partition coefficient (Wildman–Crippen LogP) is 1.51. The molecule has 0 bridgehead atoms. The molecular formula is C23H29F6N5O5. The number of nitrogens with one attached hydrogen (secondary N) is 3. The number of hydrogen-bond acceptors (Lipinski definition) is 6. The van der Waals surface area contributed by atoms with E-state index in [0.717, 1.165) is 4.90 Å². The van der Waals surface area contributed by atoms with Gasteiger partial charge in [0, 0.05) is 19.0 Å². The zero-order chi connectivity index (χ0) is 29.1. The van der Waals surface area contributed by atoms with Gasteiger partial charge in [0.1, 0.15) is 18.1 Å². The minimum Gasteiger partial charge on any atom is -0.356 e. The molecule has 4 amide bonds. The van der Waals surface area contributed by atoms with Crippen molar-refractivity contribution in [1.82, 2.24) is 20.9 Å². The molecule has 2 saturated heterocycles. The van der Waals surface area contributed by atoms with Gasteiger partial charge in [0.15, 0.2) is 0 Å². The fourth-order valence-electron chi connectivity index (χ4n) is 5.67. The maximum atomic E-state index is 13.4. The van der Waals surface area contributed by atoms with Crippen molar-refractivity contribution < 1.29 is 50.3 Å². The number of fused-ring (bicyclic) bond motifs is 1. The van der Waals surface area contributed by atoms with Gasteiger partial charge in [-0.25, -0.2) is 0 Å². The van der Waals surface area contributed by atoms with Crippen molar-refractivity contribution in [3.8, 4) is 6.07 Å². The van der Waals surface area contributed by atoms with Gasteiger partial charge in [0.05, 0.1) is 12.2 Å². The highest BCUT2D eigenvalue weighted by atomic mass is 19.4. The summed E-state index contributed by atoms with van der Waals surface area (Å²) in [6, 6.07) is -2.94. The Bertz CT molecular complexity index is 999. The number of halogens is 6. The van der Waals surface area contributed by atoms with Crippen molar-refractivity contribution >= 4 is 23.6 Å². The highest BCUT2D eigenvalue weighted by Gasteiger charge is 2.53. The largest absolute Gasteiger partial charge is 0.522 e. The molecule has 3 N–H and O–H groups in total. The molecule has 0 aromatic rings. The first-order chi connectivity index (χ1) is 18.1. The number of ether oxygens (including phenoxy) is 1. The van der Waals surface area contributed by atoms with Crippen molar-refractivity contribution in [3.63, 3.8) is 0 Å². The maximum absolute atomic E-state index is 13.4. The third-order valence-electron chi connectivity index (χ3n) is 7.43. The van der Waals surface area contributed by atoms with Crippen molar-refractivity contribution in [2.75, 3.05) is 13.1 Å². The smallest absolute Gasteiger partial charge is 0.356 e. The molecule has 1 aliphatic carbocycles. The third-order valence-corrected chi connectivity index (χ3v) is 7.43. The van der Waals surface area contributed by atoms with Crippen molar-refractivity contribution in [1.29, 1.82) is 5.26 Å². The van der Waals surface area contributed by atoms with Gasteiger partial charge in [0.25, 0.3) is 0 Å². The van der Waals surface area contributed by atoms with Crippen LogP contribution in [0.5, 0.6) is 0 Å². The average Bonchev–Trinajstić information content (AvgIpc) is 3.42. The van der Waals surface area contributed by atoms with Crippen LogP contribution in [0.1, 0.15) is 45.4 Å². The first-order valence-corrected chi connectivity index (χ1v) is 12.5. The van der Waals surface area contributed by atoms with E-state index in [9.17, 15) is 50.8 Å². The lowest BCUT2D eigenvalue weighted by Gasteiger charge is -2.33. The molecule has 0 aromatic carbocycles. The van der Waals surface area contributed by atoms with Gasteiger partial charge in [-0.3, -0.25) is 23.9 Å². The summed E-state index contributed by atoms with van der Waals surface area (Å²) in [5.41, 5.74) is 0. The molecule has 3 aliphatic rings. The molecule has 39 heavy (non-hydrogen) atoms. The lowest BCUT2D eigenvalue weighted by atomic mass is 9.90. The molecule has 3 fully saturated rings. The highest BCUT2D eigenvalue weighted by molar-refractivity contribution is 5.94. The van der Waals surface area contributed by atoms with Gasteiger partial charge in [0.2, 0.25) is 17.7 Å². The molecule has 16 heteroatoms. The van der Waals surface area contributed by atoms with E-state index < -0.39 is 66.3 Å². The number of rotatable bonds is 8. The predicted molar refractivity (Wildman–Crippen MR) is 119 cm³/mol. The van der Waals surface area contributed by atoms with E-state index in [1.165, 1.54) is 5.32 Å². The van der Waals surface area contributed by atoms with E-state index >= 15 is 0 Å². The Kier molecular flexibility index (Phi) is 9.35. The summed E-state index contributed by atoms with van der Waals surface area (Å²) < 4.78 is 81.1. The van der Waals surface area contributed by atoms with Crippen molar-refractivity contribution in [2.45, 2.75) is 82.2 Å². The summed E-state index contributed by atoms with van der Waals surface area (Å²) in [5.74, 6) is -6.33. The number of piperidine rings is 1. The quantitative estimate of drug-likeness (QED) is 0.379. The Balaban J connectivity index is 1.83. The van der Waals surface area contributed by atoms with Gasteiger partial charge in [-0.2, -0.15) is 18.4 Å².